The summed E-state index contributed by atoms with van der Waals surface area (Å²) in [5.74, 6) is -0.218. The van der Waals surface area contributed by atoms with E-state index >= 15 is 0 Å². The molecule has 1 aliphatic rings. The molecular formula is C9H12Cl2N4O2. The van der Waals surface area contributed by atoms with Crippen molar-refractivity contribution in [2.75, 3.05) is 18.5 Å². The zero-order valence-corrected chi connectivity index (χ0v) is 10.9. The maximum atomic E-state index is 5.65. The average Bonchev–Trinajstić information content (AvgIpc) is 2.54. The Balaban J connectivity index is 1.90. The highest BCUT2D eigenvalue weighted by Gasteiger charge is 2.32. The molecule has 1 aromatic rings. The summed E-state index contributed by atoms with van der Waals surface area (Å²) in [5.41, 5.74) is 0. The van der Waals surface area contributed by atoms with Gasteiger partial charge in [-0.25, -0.2) is 0 Å². The van der Waals surface area contributed by atoms with Crippen molar-refractivity contribution in [2.24, 2.45) is 0 Å². The molecule has 0 aliphatic carbocycles. The first-order valence-electron chi connectivity index (χ1n) is 5.07. The van der Waals surface area contributed by atoms with E-state index < -0.39 is 5.79 Å². The first-order chi connectivity index (χ1) is 7.94. The predicted octanol–water partition coefficient (Wildman–Crippen LogP) is 1.74. The molecule has 2 heterocycles. The quantitative estimate of drug-likeness (QED) is 0.908. The Morgan fingerprint density at radius 1 is 1.29 bits per heavy atom. The average molecular weight is 279 g/mol. The summed E-state index contributed by atoms with van der Waals surface area (Å²) >= 11 is 11.3. The van der Waals surface area contributed by atoms with Gasteiger partial charge in [0, 0.05) is 6.54 Å². The second kappa shape index (κ2) is 4.89. The van der Waals surface area contributed by atoms with Crippen LogP contribution >= 0.6 is 23.2 Å². The van der Waals surface area contributed by atoms with Crippen molar-refractivity contribution >= 4 is 29.2 Å². The standard InChI is InChI=1S/C9H12Cl2N4O2/c1-9(2)16-4-5(17-9)3-12-8-14-6(10)13-7(11)15-8/h5H,3-4H2,1-2H3,(H,12,13,14,15). The summed E-state index contributed by atoms with van der Waals surface area (Å²) in [5, 5.41) is 3.07. The minimum absolute atomic E-state index is 0.0522. The van der Waals surface area contributed by atoms with Crippen LogP contribution in [0.15, 0.2) is 0 Å². The van der Waals surface area contributed by atoms with Crippen molar-refractivity contribution < 1.29 is 9.47 Å². The second-order valence-corrected chi connectivity index (χ2v) is 4.70. The minimum Gasteiger partial charge on any atom is -0.351 e. The number of nitrogens with one attached hydrogen (secondary N) is 1. The van der Waals surface area contributed by atoms with Crippen molar-refractivity contribution in [3.05, 3.63) is 10.6 Å². The smallest absolute Gasteiger partial charge is 0.228 e. The number of aromatic nitrogens is 3. The largest absolute Gasteiger partial charge is 0.351 e. The lowest BCUT2D eigenvalue weighted by Crippen LogP contribution is -2.26. The number of nitrogens with zero attached hydrogens (tertiary/aromatic N) is 3. The molecule has 94 valence electrons. The lowest BCUT2D eigenvalue weighted by Gasteiger charge is -2.17. The van der Waals surface area contributed by atoms with Gasteiger partial charge in [-0.15, -0.1) is 0 Å². The van der Waals surface area contributed by atoms with Crippen LogP contribution in [-0.2, 0) is 9.47 Å². The Morgan fingerprint density at radius 2 is 1.94 bits per heavy atom. The molecule has 0 aromatic carbocycles. The maximum Gasteiger partial charge on any atom is 0.228 e. The highest BCUT2D eigenvalue weighted by molar-refractivity contribution is 6.31. The minimum atomic E-state index is -0.541. The predicted molar refractivity (Wildman–Crippen MR) is 63.2 cm³/mol. The summed E-state index contributed by atoms with van der Waals surface area (Å²) in [6, 6.07) is 0. The number of halogens is 2. The summed E-state index contributed by atoms with van der Waals surface area (Å²) < 4.78 is 11.0. The van der Waals surface area contributed by atoms with E-state index in [1.165, 1.54) is 0 Å². The van der Waals surface area contributed by atoms with Crippen LogP contribution in [0.2, 0.25) is 10.6 Å². The van der Waals surface area contributed by atoms with Gasteiger partial charge in [-0.2, -0.15) is 15.0 Å². The molecule has 1 aliphatic heterocycles. The Kier molecular flexibility index (Phi) is 3.67. The lowest BCUT2D eigenvalue weighted by molar-refractivity contribution is -0.136. The van der Waals surface area contributed by atoms with E-state index in [2.05, 4.69) is 20.3 Å². The molecule has 0 amide bonds. The number of ether oxygens (including phenoxy) is 2. The molecule has 1 unspecified atom stereocenters. The van der Waals surface area contributed by atoms with Crippen molar-refractivity contribution in [1.29, 1.82) is 0 Å². The first-order valence-corrected chi connectivity index (χ1v) is 5.83. The summed E-state index contributed by atoms with van der Waals surface area (Å²) in [4.78, 5) is 11.4. The van der Waals surface area contributed by atoms with Crippen LogP contribution in [0.3, 0.4) is 0 Å². The number of hydrogen-bond acceptors (Lipinski definition) is 6. The van der Waals surface area contributed by atoms with Crippen molar-refractivity contribution in [2.45, 2.75) is 25.7 Å². The second-order valence-electron chi connectivity index (χ2n) is 4.03. The fourth-order valence-corrected chi connectivity index (χ4v) is 1.84. The molecule has 1 saturated heterocycles. The zero-order valence-electron chi connectivity index (χ0n) is 9.41. The van der Waals surface area contributed by atoms with Gasteiger partial charge in [-0.1, -0.05) is 0 Å². The molecule has 0 spiro atoms. The van der Waals surface area contributed by atoms with E-state index in [0.717, 1.165) is 0 Å². The molecule has 1 aromatic heterocycles. The van der Waals surface area contributed by atoms with Gasteiger partial charge in [-0.3, -0.25) is 0 Å². The van der Waals surface area contributed by atoms with Gasteiger partial charge < -0.3 is 14.8 Å². The molecule has 0 bridgehead atoms. The Morgan fingerprint density at radius 3 is 2.47 bits per heavy atom. The molecule has 0 saturated carbocycles. The van der Waals surface area contributed by atoms with E-state index in [9.17, 15) is 0 Å². The summed E-state index contributed by atoms with van der Waals surface area (Å²) in [6.45, 7) is 4.76. The van der Waals surface area contributed by atoms with Crippen LogP contribution in [0.1, 0.15) is 13.8 Å². The van der Waals surface area contributed by atoms with Crippen LogP contribution in [0, 0.1) is 0 Å². The van der Waals surface area contributed by atoms with Crippen LogP contribution in [0.4, 0.5) is 5.95 Å². The van der Waals surface area contributed by atoms with E-state index in [-0.39, 0.29) is 16.7 Å². The van der Waals surface area contributed by atoms with Gasteiger partial charge in [-0.05, 0) is 37.0 Å². The SMILES string of the molecule is CC1(C)OCC(CNc2nc(Cl)nc(Cl)n2)O1. The number of rotatable bonds is 3. The van der Waals surface area contributed by atoms with E-state index in [1.54, 1.807) is 0 Å². The molecule has 1 fully saturated rings. The maximum absolute atomic E-state index is 5.65. The molecule has 8 heteroatoms. The zero-order chi connectivity index (χ0) is 12.5. The molecule has 0 radical (unpaired) electrons. The van der Waals surface area contributed by atoms with Crippen LogP contribution in [0.25, 0.3) is 0 Å². The van der Waals surface area contributed by atoms with Gasteiger partial charge >= 0.3 is 0 Å². The third-order valence-electron chi connectivity index (χ3n) is 2.14. The Bertz CT molecular complexity index is 396. The van der Waals surface area contributed by atoms with Gasteiger partial charge in [0.1, 0.15) is 6.10 Å². The van der Waals surface area contributed by atoms with Crippen LogP contribution in [-0.4, -0.2) is 40.0 Å². The fourth-order valence-electron chi connectivity index (χ4n) is 1.47. The van der Waals surface area contributed by atoms with Gasteiger partial charge in [0.25, 0.3) is 0 Å². The number of anilines is 1. The number of hydrogen-bond donors (Lipinski definition) is 1. The summed E-state index contributed by atoms with van der Waals surface area (Å²) in [6.07, 6.45) is -0.0562. The van der Waals surface area contributed by atoms with Crippen LogP contribution in [0.5, 0.6) is 0 Å². The third kappa shape index (κ3) is 3.64. The molecule has 17 heavy (non-hydrogen) atoms. The van der Waals surface area contributed by atoms with Crippen LogP contribution < -0.4 is 5.32 Å². The monoisotopic (exact) mass is 278 g/mol. The van der Waals surface area contributed by atoms with Gasteiger partial charge in [0.2, 0.25) is 16.5 Å². The molecule has 2 rings (SSSR count). The van der Waals surface area contributed by atoms with Gasteiger partial charge in [0.05, 0.1) is 6.61 Å². The third-order valence-corrected chi connectivity index (χ3v) is 2.47. The Hall–Kier alpha value is -0.690. The molecule has 6 nitrogen and oxygen atoms in total. The van der Waals surface area contributed by atoms with Gasteiger partial charge in [0.15, 0.2) is 5.79 Å². The normalized spacial score (nSPS) is 22.7. The molecular weight excluding hydrogens is 267 g/mol. The molecule has 1 atom stereocenters. The van der Waals surface area contributed by atoms with Crippen molar-refractivity contribution in [3.63, 3.8) is 0 Å². The van der Waals surface area contributed by atoms with E-state index in [4.69, 9.17) is 32.7 Å². The van der Waals surface area contributed by atoms with E-state index in [0.29, 0.717) is 19.1 Å². The van der Waals surface area contributed by atoms with Crippen molar-refractivity contribution in [3.8, 4) is 0 Å². The topological polar surface area (TPSA) is 69.2 Å². The van der Waals surface area contributed by atoms with Crippen molar-refractivity contribution in [1.82, 2.24) is 15.0 Å². The Labute approximate surface area is 109 Å². The highest BCUT2D eigenvalue weighted by atomic mass is 35.5. The first kappa shape index (κ1) is 12.8. The lowest BCUT2D eigenvalue weighted by atomic mass is 10.4. The molecule has 1 N–H and O–H groups in total. The summed E-state index contributed by atoms with van der Waals surface area (Å²) in [7, 11) is 0. The fraction of sp³-hybridized carbons (Fsp3) is 0.667. The highest BCUT2D eigenvalue weighted by Crippen LogP contribution is 2.22. The van der Waals surface area contributed by atoms with E-state index in [1.807, 2.05) is 13.8 Å².